The normalized spacial score (nSPS) is 16.9. The maximum atomic E-state index is 12.4. The average molecular weight is 353 g/mol. The molecule has 2 N–H and O–H groups in total. The van der Waals surface area contributed by atoms with Crippen LogP contribution in [0.15, 0.2) is 24.3 Å². The van der Waals surface area contributed by atoms with Crippen LogP contribution in [0.25, 0.3) is 0 Å². The van der Waals surface area contributed by atoms with Gasteiger partial charge >= 0.3 is 0 Å². The molecule has 1 aromatic rings. The first-order chi connectivity index (χ1) is 11.3. The molecule has 134 valence electrons. The molecule has 0 spiro atoms. The minimum absolute atomic E-state index is 0.0333. The van der Waals surface area contributed by atoms with Crippen molar-refractivity contribution in [2.24, 2.45) is 5.41 Å². The summed E-state index contributed by atoms with van der Waals surface area (Å²) in [6, 6.07) is 9.01. The van der Waals surface area contributed by atoms with Gasteiger partial charge in [-0.3, -0.25) is 4.79 Å². The van der Waals surface area contributed by atoms with E-state index in [1.165, 1.54) is 37.2 Å². The van der Waals surface area contributed by atoms with Gasteiger partial charge in [-0.05, 0) is 26.0 Å². The van der Waals surface area contributed by atoms with Crippen LogP contribution in [0.3, 0.4) is 0 Å². The van der Waals surface area contributed by atoms with E-state index in [1.54, 1.807) is 4.90 Å². The van der Waals surface area contributed by atoms with Gasteiger partial charge in [0.15, 0.2) is 0 Å². The summed E-state index contributed by atoms with van der Waals surface area (Å²) in [7, 11) is 4.10. The van der Waals surface area contributed by atoms with Gasteiger partial charge in [-0.2, -0.15) is 0 Å². The summed E-state index contributed by atoms with van der Waals surface area (Å²) >= 11 is 5.92. The number of amides is 1. The molecular formula is C19H31ClN3O+. The molecule has 24 heavy (non-hydrogen) atoms. The molecule has 0 bridgehead atoms. The Morgan fingerprint density at radius 1 is 1.25 bits per heavy atom. The molecule has 0 unspecified atom stereocenters. The highest BCUT2D eigenvalue weighted by molar-refractivity contribution is 6.19. The molecule has 1 amide bonds. The van der Waals surface area contributed by atoms with Crippen molar-refractivity contribution in [1.82, 2.24) is 5.32 Å². The Bertz CT molecular complexity index is 536. The predicted molar refractivity (Wildman–Crippen MR) is 101 cm³/mol. The number of carbonyl (C=O) groups is 1. The van der Waals surface area contributed by atoms with Crippen molar-refractivity contribution in [2.75, 3.05) is 44.5 Å². The van der Waals surface area contributed by atoms with Crippen molar-refractivity contribution in [3.63, 3.8) is 0 Å². The van der Waals surface area contributed by atoms with Gasteiger partial charge in [0.05, 0.1) is 25.0 Å². The number of hydrogen-bond donors (Lipinski definition) is 2. The fourth-order valence-corrected chi connectivity index (χ4v) is 3.30. The van der Waals surface area contributed by atoms with Crippen LogP contribution in [-0.4, -0.2) is 45.5 Å². The molecule has 1 fully saturated rings. The zero-order chi connectivity index (χ0) is 17.7. The molecule has 1 atom stereocenters. The van der Waals surface area contributed by atoms with Crippen LogP contribution in [0, 0.1) is 5.41 Å². The second-order valence-electron chi connectivity index (χ2n) is 7.63. The Balaban J connectivity index is 2.11. The first-order valence-electron chi connectivity index (χ1n) is 8.81. The van der Waals surface area contributed by atoms with Gasteiger partial charge in [-0.25, -0.2) is 0 Å². The fourth-order valence-electron chi connectivity index (χ4n) is 3.17. The van der Waals surface area contributed by atoms with Gasteiger partial charge in [-0.1, -0.05) is 12.1 Å². The van der Waals surface area contributed by atoms with Gasteiger partial charge < -0.3 is 15.1 Å². The van der Waals surface area contributed by atoms with E-state index in [4.69, 9.17) is 11.6 Å². The van der Waals surface area contributed by atoms with Crippen molar-refractivity contribution in [1.29, 1.82) is 0 Å². The molecule has 0 aromatic heterocycles. The number of benzene rings is 1. The Morgan fingerprint density at radius 2 is 1.83 bits per heavy atom. The SMILES string of the molecule is CN(C)c1ccc([C@H](CNC(=O)C(C)(C)CCl)[NH+]2CCCC2)cc1. The van der Waals surface area contributed by atoms with Crippen LogP contribution in [0.2, 0.25) is 0 Å². The Morgan fingerprint density at radius 3 is 2.33 bits per heavy atom. The monoisotopic (exact) mass is 352 g/mol. The quantitative estimate of drug-likeness (QED) is 0.735. The Hall–Kier alpha value is -1.26. The van der Waals surface area contributed by atoms with E-state index in [0.29, 0.717) is 18.5 Å². The van der Waals surface area contributed by atoms with E-state index in [2.05, 4.69) is 34.5 Å². The number of halogens is 1. The number of anilines is 1. The third-order valence-electron chi connectivity index (χ3n) is 4.97. The number of carbonyl (C=O) groups excluding carboxylic acids is 1. The van der Waals surface area contributed by atoms with Gasteiger partial charge in [0.1, 0.15) is 6.04 Å². The van der Waals surface area contributed by atoms with E-state index < -0.39 is 5.41 Å². The van der Waals surface area contributed by atoms with E-state index in [-0.39, 0.29) is 5.91 Å². The average Bonchev–Trinajstić information content (AvgIpc) is 3.09. The number of alkyl halides is 1. The summed E-state index contributed by atoms with van der Waals surface area (Å²) in [5.74, 6) is 0.364. The number of likely N-dealkylation sites (tertiary alicyclic amines) is 1. The van der Waals surface area contributed by atoms with Crippen molar-refractivity contribution in [3.05, 3.63) is 29.8 Å². The van der Waals surface area contributed by atoms with Crippen molar-refractivity contribution >= 4 is 23.2 Å². The van der Waals surface area contributed by atoms with Gasteiger partial charge in [0, 0.05) is 44.1 Å². The molecular weight excluding hydrogens is 322 g/mol. The largest absolute Gasteiger partial charge is 0.378 e. The summed E-state index contributed by atoms with van der Waals surface area (Å²) < 4.78 is 0. The lowest BCUT2D eigenvalue weighted by molar-refractivity contribution is -0.918. The van der Waals surface area contributed by atoms with Crippen molar-refractivity contribution in [2.45, 2.75) is 32.7 Å². The third kappa shape index (κ3) is 4.64. The summed E-state index contributed by atoms with van der Waals surface area (Å²) in [6.07, 6.45) is 2.53. The maximum absolute atomic E-state index is 12.4. The highest BCUT2D eigenvalue weighted by atomic mass is 35.5. The molecule has 1 aliphatic heterocycles. The summed E-state index contributed by atoms with van der Waals surface area (Å²) in [5, 5.41) is 3.13. The Labute approximate surface area is 151 Å². The fraction of sp³-hybridized carbons (Fsp3) is 0.632. The highest BCUT2D eigenvalue weighted by Gasteiger charge is 2.31. The van der Waals surface area contributed by atoms with Crippen LogP contribution in [-0.2, 0) is 4.79 Å². The molecule has 1 saturated heterocycles. The maximum Gasteiger partial charge on any atom is 0.227 e. The van der Waals surface area contributed by atoms with Crippen LogP contribution < -0.4 is 15.1 Å². The lowest BCUT2D eigenvalue weighted by Crippen LogP contribution is -3.11. The van der Waals surface area contributed by atoms with Crippen LogP contribution in [0.4, 0.5) is 5.69 Å². The van der Waals surface area contributed by atoms with E-state index >= 15 is 0 Å². The summed E-state index contributed by atoms with van der Waals surface area (Å²) in [6.45, 7) is 6.79. The van der Waals surface area contributed by atoms with Gasteiger partial charge in [0.25, 0.3) is 0 Å². The molecule has 1 aliphatic rings. The minimum Gasteiger partial charge on any atom is -0.378 e. The lowest BCUT2D eigenvalue weighted by atomic mass is 9.95. The summed E-state index contributed by atoms with van der Waals surface area (Å²) in [5.41, 5.74) is 1.96. The standard InChI is InChI=1S/C19H30ClN3O/c1-19(2,14-20)18(24)21-13-17(23-11-5-6-12-23)15-7-9-16(10-8-15)22(3)4/h7-10,17H,5-6,11-14H2,1-4H3,(H,21,24)/p+1/t17-/m0/s1. The van der Waals surface area contributed by atoms with Crippen molar-refractivity contribution in [3.8, 4) is 0 Å². The highest BCUT2D eigenvalue weighted by Crippen LogP contribution is 2.19. The van der Waals surface area contributed by atoms with Crippen LogP contribution in [0.5, 0.6) is 0 Å². The number of hydrogen-bond acceptors (Lipinski definition) is 2. The number of nitrogens with zero attached hydrogens (tertiary/aromatic N) is 1. The Kier molecular flexibility index (Phi) is 6.53. The molecule has 1 heterocycles. The topological polar surface area (TPSA) is 36.8 Å². The lowest BCUT2D eigenvalue weighted by Gasteiger charge is -2.28. The zero-order valence-electron chi connectivity index (χ0n) is 15.4. The molecule has 2 rings (SSSR count). The zero-order valence-corrected chi connectivity index (χ0v) is 16.1. The van der Waals surface area contributed by atoms with E-state index in [1.807, 2.05) is 27.9 Å². The third-order valence-corrected chi connectivity index (χ3v) is 5.63. The molecule has 0 aliphatic carbocycles. The van der Waals surface area contributed by atoms with E-state index in [9.17, 15) is 4.79 Å². The minimum atomic E-state index is -0.527. The molecule has 1 aromatic carbocycles. The van der Waals surface area contributed by atoms with E-state index in [0.717, 1.165) is 0 Å². The number of nitrogens with one attached hydrogen (secondary N) is 2. The first kappa shape index (κ1) is 19.1. The second-order valence-corrected chi connectivity index (χ2v) is 7.90. The molecule has 5 heteroatoms. The molecule has 0 saturated carbocycles. The summed E-state index contributed by atoms with van der Waals surface area (Å²) in [4.78, 5) is 16.0. The molecule has 4 nitrogen and oxygen atoms in total. The van der Waals surface area contributed by atoms with Crippen molar-refractivity contribution < 1.29 is 9.69 Å². The van der Waals surface area contributed by atoms with Gasteiger partial charge in [-0.15, -0.1) is 11.6 Å². The predicted octanol–water partition coefficient (Wildman–Crippen LogP) is 1.85. The van der Waals surface area contributed by atoms with Crippen LogP contribution >= 0.6 is 11.6 Å². The number of quaternary nitrogens is 1. The van der Waals surface area contributed by atoms with Gasteiger partial charge in [0.2, 0.25) is 5.91 Å². The number of rotatable bonds is 7. The second kappa shape index (κ2) is 8.21. The van der Waals surface area contributed by atoms with Crippen LogP contribution in [0.1, 0.15) is 38.3 Å². The molecule has 0 radical (unpaired) electrons. The first-order valence-corrected chi connectivity index (χ1v) is 9.35. The smallest absolute Gasteiger partial charge is 0.227 e.